The van der Waals surface area contributed by atoms with E-state index in [2.05, 4.69) is 16.2 Å². The fourth-order valence-corrected chi connectivity index (χ4v) is 1.24. The molecule has 1 N–H and O–H groups in total. The van der Waals surface area contributed by atoms with Gasteiger partial charge in [0, 0.05) is 17.9 Å². The molecule has 0 radical (unpaired) electrons. The van der Waals surface area contributed by atoms with Gasteiger partial charge < -0.3 is 5.32 Å². The van der Waals surface area contributed by atoms with E-state index in [9.17, 15) is 0 Å². The van der Waals surface area contributed by atoms with Crippen molar-refractivity contribution in [3.63, 3.8) is 0 Å². The van der Waals surface area contributed by atoms with Crippen LogP contribution in [0.1, 0.15) is 24.1 Å². The number of hydrogen-bond donors (Lipinski definition) is 1. The lowest BCUT2D eigenvalue weighted by atomic mass is 10.2. The number of aryl methyl sites for hydroxylation is 1. The largest absolute Gasteiger partial charge is 0.381 e. The summed E-state index contributed by atoms with van der Waals surface area (Å²) in [5, 5.41) is 3.39. The smallest absolute Gasteiger partial charge is 0.0657 e. The maximum Gasteiger partial charge on any atom is 0.0657 e. The first-order chi connectivity index (χ1) is 6.29. The van der Waals surface area contributed by atoms with Crippen molar-refractivity contribution >= 4 is 5.69 Å². The number of nitrogens with zero attached hydrogens (tertiary/aromatic N) is 1. The van der Waals surface area contributed by atoms with Crippen LogP contribution in [-0.2, 0) is 0 Å². The zero-order valence-electron chi connectivity index (χ0n) is 7.67. The topological polar surface area (TPSA) is 24.9 Å². The number of hydrogen-bond acceptors (Lipinski definition) is 2. The van der Waals surface area contributed by atoms with Gasteiger partial charge in [0.15, 0.2) is 0 Å². The lowest BCUT2D eigenvalue weighted by Gasteiger charge is -2.07. The Hall–Kier alpha value is -1.49. The highest BCUT2D eigenvalue weighted by Gasteiger charge is 2.21. The van der Waals surface area contributed by atoms with E-state index in [1.807, 2.05) is 13.0 Å². The summed E-state index contributed by atoms with van der Waals surface area (Å²) in [5.41, 5.74) is 2.91. The highest BCUT2D eigenvalue weighted by molar-refractivity contribution is 5.59. The average Bonchev–Trinajstić information content (AvgIpc) is 2.89. The summed E-state index contributed by atoms with van der Waals surface area (Å²) in [5.74, 6) is 2.63. The van der Waals surface area contributed by atoms with Crippen molar-refractivity contribution in [3.05, 3.63) is 23.5 Å². The van der Waals surface area contributed by atoms with E-state index in [1.165, 1.54) is 12.8 Å². The van der Waals surface area contributed by atoms with Gasteiger partial charge in [-0.2, -0.15) is 0 Å². The van der Waals surface area contributed by atoms with Crippen molar-refractivity contribution in [1.29, 1.82) is 0 Å². The molecule has 1 aliphatic rings. The van der Waals surface area contributed by atoms with Gasteiger partial charge in [0.25, 0.3) is 0 Å². The molecule has 0 aliphatic heterocycles. The fourth-order valence-electron chi connectivity index (χ4n) is 1.24. The molecule has 0 unspecified atom stereocenters. The molecule has 0 bridgehead atoms. The standard InChI is InChI=1S/C11H12N2/c1-3-9-7-12-8(2)6-11(9)13-10-4-5-10/h1,6-7,10H,4-5H2,2H3,(H,12,13). The Balaban J connectivity index is 2.29. The average molecular weight is 172 g/mol. The minimum Gasteiger partial charge on any atom is -0.381 e. The van der Waals surface area contributed by atoms with Crippen LogP contribution in [-0.4, -0.2) is 11.0 Å². The second kappa shape index (κ2) is 3.10. The van der Waals surface area contributed by atoms with Crippen LogP contribution >= 0.6 is 0 Å². The predicted molar refractivity (Wildman–Crippen MR) is 53.6 cm³/mol. The monoisotopic (exact) mass is 172 g/mol. The number of terminal acetylenes is 1. The molecule has 0 aromatic carbocycles. The quantitative estimate of drug-likeness (QED) is 0.690. The fraction of sp³-hybridized carbons (Fsp3) is 0.364. The molecular weight excluding hydrogens is 160 g/mol. The summed E-state index contributed by atoms with van der Waals surface area (Å²) in [6, 6.07) is 2.64. The maximum atomic E-state index is 5.37. The Morgan fingerprint density at radius 1 is 1.62 bits per heavy atom. The van der Waals surface area contributed by atoms with Gasteiger partial charge in [-0.15, -0.1) is 6.42 Å². The van der Waals surface area contributed by atoms with Crippen LogP contribution in [0.2, 0.25) is 0 Å². The highest BCUT2D eigenvalue weighted by atomic mass is 15.0. The van der Waals surface area contributed by atoms with Crippen LogP contribution in [0.15, 0.2) is 12.3 Å². The zero-order chi connectivity index (χ0) is 9.26. The molecule has 2 heteroatoms. The van der Waals surface area contributed by atoms with E-state index in [-0.39, 0.29) is 0 Å². The third-order valence-electron chi connectivity index (χ3n) is 2.13. The Kier molecular flexibility index (Phi) is 1.94. The number of anilines is 1. The summed E-state index contributed by atoms with van der Waals surface area (Å²) in [6.07, 6.45) is 9.63. The number of nitrogens with one attached hydrogen (secondary N) is 1. The molecule has 1 heterocycles. The molecule has 66 valence electrons. The van der Waals surface area contributed by atoms with Crippen LogP contribution in [0.4, 0.5) is 5.69 Å². The number of pyridine rings is 1. The van der Waals surface area contributed by atoms with E-state index < -0.39 is 0 Å². The normalized spacial score (nSPS) is 15.1. The predicted octanol–water partition coefficient (Wildman–Crippen LogP) is 1.95. The number of aromatic nitrogens is 1. The molecular formula is C11H12N2. The zero-order valence-corrected chi connectivity index (χ0v) is 7.67. The molecule has 0 atom stereocenters. The van der Waals surface area contributed by atoms with E-state index in [1.54, 1.807) is 6.20 Å². The van der Waals surface area contributed by atoms with E-state index in [4.69, 9.17) is 6.42 Å². The van der Waals surface area contributed by atoms with Gasteiger partial charge >= 0.3 is 0 Å². The third-order valence-corrected chi connectivity index (χ3v) is 2.13. The van der Waals surface area contributed by atoms with E-state index in [0.717, 1.165) is 16.9 Å². The first-order valence-corrected chi connectivity index (χ1v) is 4.49. The Morgan fingerprint density at radius 3 is 3.00 bits per heavy atom. The van der Waals surface area contributed by atoms with Crippen LogP contribution in [0.3, 0.4) is 0 Å². The van der Waals surface area contributed by atoms with Gasteiger partial charge in [0.2, 0.25) is 0 Å². The molecule has 1 aromatic rings. The summed E-state index contributed by atoms with van der Waals surface area (Å²) >= 11 is 0. The van der Waals surface area contributed by atoms with Gasteiger partial charge in [-0.05, 0) is 25.8 Å². The maximum absolute atomic E-state index is 5.37. The molecule has 1 saturated carbocycles. The van der Waals surface area contributed by atoms with E-state index in [0.29, 0.717) is 6.04 Å². The van der Waals surface area contributed by atoms with Crippen molar-refractivity contribution < 1.29 is 0 Å². The van der Waals surface area contributed by atoms with Crippen molar-refractivity contribution in [2.45, 2.75) is 25.8 Å². The Labute approximate surface area is 78.4 Å². The van der Waals surface area contributed by atoms with Crippen molar-refractivity contribution in [2.24, 2.45) is 0 Å². The Morgan fingerprint density at radius 2 is 2.38 bits per heavy atom. The Bertz CT molecular complexity index is 359. The lowest BCUT2D eigenvalue weighted by molar-refractivity contribution is 1.12. The van der Waals surface area contributed by atoms with Gasteiger partial charge in [-0.25, -0.2) is 0 Å². The molecule has 0 saturated heterocycles. The molecule has 2 nitrogen and oxygen atoms in total. The van der Waals surface area contributed by atoms with Crippen molar-refractivity contribution in [1.82, 2.24) is 4.98 Å². The minimum absolute atomic E-state index is 0.633. The van der Waals surface area contributed by atoms with Gasteiger partial charge in [-0.1, -0.05) is 5.92 Å². The summed E-state index contributed by atoms with van der Waals surface area (Å²) in [4.78, 5) is 4.16. The second-order valence-corrected chi connectivity index (χ2v) is 3.43. The number of rotatable bonds is 2. The first-order valence-electron chi connectivity index (χ1n) is 4.49. The molecule has 1 aromatic heterocycles. The van der Waals surface area contributed by atoms with Crippen LogP contribution in [0.25, 0.3) is 0 Å². The van der Waals surface area contributed by atoms with Crippen molar-refractivity contribution in [2.75, 3.05) is 5.32 Å². The third kappa shape index (κ3) is 1.81. The van der Waals surface area contributed by atoms with E-state index >= 15 is 0 Å². The van der Waals surface area contributed by atoms with Crippen molar-refractivity contribution in [3.8, 4) is 12.3 Å². The van der Waals surface area contributed by atoms with Gasteiger partial charge in [0.1, 0.15) is 0 Å². The molecule has 1 fully saturated rings. The summed E-state index contributed by atoms with van der Waals surface area (Å²) < 4.78 is 0. The molecule has 13 heavy (non-hydrogen) atoms. The minimum atomic E-state index is 0.633. The molecule has 2 rings (SSSR count). The van der Waals surface area contributed by atoms with Crippen LogP contribution in [0, 0.1) is 19.3 Å². The first kappa shape index (κ1) is 8.12. The SMILES string of the molecule is C#Cc1cnc(C)cc1NC1CC1. The highest BCUT2D eigenvalue weighted by Crippen LogP contribution is 2.26. The summed E-state index contributed by atoms with van der Waals surface area (Å²) in [6.45, 7) is 1.97. The van der Waals surface area contributed by atoms with Gasteiger partial charge in [-0.3, -0.25) is 4.98 Å². The molecule has 1 aliphatic carbocycles. The summed E-state index contributed by atoms with van der Waals surface area (Å²) in [7, 11) is 0. The van der Waals surface area contributed by atoms with Crippen LogP contribution in [0.5, 0.6) is 0 Å². The van der Waals surface area contributed by atoms with Gasteiger partial charge in [0.05, 0.1) is 11.3 Å². The van der Waals surface area contributed by atoms with Crippen LogP contribution < -0.4 is 5.32 Å². The lowest BCUT2D eigenvalue weighted by Crippen LogP contribution is -2.03. The molecule has 0 amide bonds. The second-order valence-electron chi connectivity index (χ2n) is 3.43. The molecule has 0 spiro atoms.